The number of alkyl halides is 4. The molecule has 0 N–H and O–H groups in total. The van der Waals surface area contributed by atoms with Crippen LogP contribution in [0.25, 0.3) is 33.8 Å². The summed E-state index contributed by atoms with van der Waals surface area (Å²) in [6.45, 7) is 0. The van der Waals surface area contributed by atoms with E-state index in [-0.39, 0.29) is 5.82 Å². The molecule has 31 heavy (non-hydrogen) atoms. The molecule has 0 saturated carbocycles. The first kappa shape index (κ1) is 19.0. The Hall–Kier alpha value is -4.02. The maximum absolute atomic E-state index is 13.2. The van der Waals surface area contributed by atoms with Crippen LogP contribution in [0.4, 0.5) is 17.6 Å². The van der Waals surface area contributed by atoms with Gasteiger partial charge in [0.05, 0.1) is 17.3 Å². The van der Waals surface area contributed by atoms with Gasteiger partial charge in [-0.1, -0.05) is 30.3 Å². The van der Waals surface area contributed by atoms with E-state index in [9.17, 15) is 17.6 Å². The van der Waals surface area contributed by atoms with Crippen molar-refractivity contribution in [1.82, 2.24) is 29.4 Å². The van der Waals surface area contributed by atoms with Crippen molar-refractivity contribution in [2.24, 2.45) is 0 Å². The average Bonchev–Trinajstić information content (AvgIpc) is 3.38. The number of nitrogens with zero attached hydrogens (tertiary/aromatic N) is 6. The summed E-state index contributed by atoms with van der Waals surface area (Å²) in [5, 5.41) is 9.30. The van der Waals surface area contributed by atoms with Gasteiger partial charge in [-0.3, -0.25) is 0 Å². The number of aromatic nitrogens is 6. The first-order valence-corrected chi connectivity index (χ1v) is 9.02. The van der Waals surface area contributed by atoms with Crippen molar-refractivity contribution >= 4 is 16.7 Å². The highest BCUT2D eigenvalue weighted by atomic mass is 19.3. The van der Waals surface area contributed by atoms with Gasteiger partial charge in [-0.05, 0) is 24.3 Å². The highest BCUT2D eigenvalue weighted by molar-refractivity contribution is 5.90. The highest BCUT2D eigenvalue weighted by Crippen LogP contribution is 2.30. The van der Waals surface area contributed by atoms with E-state index >= 15 is 0 Å². The topological polar surface area (TPSA) is 70.1 Å². The Kier molecular flexibility index (Phi) is 4.31. The van der Waals surface area contributed by atoms with Gasteiger partial charge in [0.25, 0.3) is 0 Å². The minimum Gasteiger partial charge on any atom is -0.428 e. The lowest BCUT2D eigenvalue weighted by molar-refractivity contribution is -0.253. The predicted molar refractivity (Wildman–Crippen MR) is 102 cm³/mol. The van der Waals surface area contributed by atoms with Crippen molar-refractivity contribution < 1.29 is 22.3 Å². The molecule has 2 aromatic carbocycles. The summed E-state index contributed by atoms with van der Waals surface area (Å²) in [5.41, 5.74) is 2.14. The minimum atomic E-state index is -4.60. The smallest absolute Gasteiger partial charge is 0.428 e. The molecule has 0 spiro atoms. The molecule has 0 unspecified atom stereocenters. The van der Waals surface area contributed by atoms with Crippen LogP contribution in [0.2, 0.25) is 0 Å². The van der Waals surface area contributed by atoms with Crippen molar-refractivity contribution in [3.63, 3.8) is 0 Å². The van der Waals surface area contributed by atoms with Crippen molar-refractivity contribution in [2.75, 3.05) is 0 Å². The molecule has 0 fully saturated rings. The zero-order chi connectivity index (χ0) is 21.6. The van der Waals surface area contributed by atoms with Gasteiger partial charge in [-0.25, -0.2) is 19.2 Å². The molecule has 5 aromatic rings. The van der Waals surface area contributed by atoms with E-state index < -0.39 is 18.3 Å². The maximum atomic E-state index is 13.2. The summed E-state index contributed by atoms with van der Waals surface area (Å²) >= 11 is 0. The molecule has 3 heterocycles. The van der Waals surface area contributed by atoms with Crippen LogP contribution >= 0.6 is 0 Å². The molecule has 156 valence electrons. The van der Waals surface area contributed by atoms with Crippen LogP contribution in [-0.2, 0) is 0 Å². The van der Waals surface area contributed by atoms with Gasteiger partial charge in [0.15, 0.2) is 17.1 Å². The summed E-state index contributed by atoms with van der Waals surface area (Å²) in [4.78, 5) is 8.85. The van der Waals surface area contributed by atoms with E-state index in [2.05, 4.69) is 24.9 Å². The number of halogens is 4. The fourth-order valence-electron chi connectivity index (χ4n) is 3.10. The normalized spacial score (nSPS) is 12.2. The maximum Gasteiger partial charge on any atom is 0.461 e. The molecule has 3 aromatic heterocycles. The molecule has 0 radical (unpaired) electrons. The van der Waals surface area contributed by atoms with Gasteiger partial charge in [-0.2, -0.15) is 22.7 Å². The fourth-order valence-corrected chi connectivity index (χ4v) is 3.10. The average molecular weight is 428 g/mol. The lowest BCUT2D eigenvalue weighted by atomic mass is 10.2. The molecule has 0 atom stereocenters. The SMILES string of the molecule is FC(F)C(F)(F)Oc1cccc(-c2nc3c4cnn(-c5ccccc5)c4ncn3n2)c1. The van der Waals surface area contributed by atoms with E-state index in [1.54, 1.807) is 16.9 Å². The number of ether oxygens (including phenoxy) is 1. The molecule has 0 amide bonds. The van der Waals surface area contributed by atoms with Gasteiger partial charge in [0, 0.05) is 5.56 Å². The minimum absolute atomic E-state index is 0.188. The molecular formula is C20H12F4N6O. The van der Waals surface area contributed by atoms with E-state index in [0.29, 0.717) is 22.2 Å². The van der Waals surface area contributed by atoms with Crippen LogP contribution in [0.5, 0.6) is 5.75 Å². The lowest BCUT2D eigenvalue weighted by Gasteiger charge is -2.16. The number of para-hydroxylation sites is 1. The van der Waals surface area contributed by atoms with Gasteiger partial charge in [0.2, 0.25) is 0 Å². The molecule has 5 rings (SSSR count). The third-order valence-electron chi connectivity index (χ3n) is 4.51. The zero-order valence-electron chi connectivity index (χ0n) is 15.5. The summed E-state index contributed by atoms with van der Waals surface area (Å²) in [7, 11) is 0. The van der Waals surface area contributed by atoms with Crippen LogP contribution in [0, 0.1) is 0 Å². The zero-order valence-corrected chi connectivity index (χ0v) is 15.5. The molecule has 7 nitrogen and oxygen atoms in total. The second kappa shape index (κ2) is 7.04. The monoisotopic (exact) mass is 428 g/mol. The van der Waals surface area contributed by atoms with Gasteiger partial charge in [0.1, 0.15) is 12.1 Å². The van der Waals surface area contributed by atoms with Crippen LogP contribution in [0.1, 0.15) is 0 Å². The number of hydrogen-bond acceptors (Lipinski definition) is 5. The summed E-state index contributed by atoms with van der Waals surface area (Å²) < 4.78 is 58.5. The van der Waals surface area contributed by atoms with Crippen molar-refractivity contribution in [1.29, 1.82) is 0 Å². The molecule has 0 aliphatic heterocycles. The lowest BCUT2D eigenvalue weighted by Crippen LogP contribution is -2.33. The predicted octanol–water partition coefficient (Wildman–Crippen LogP) is 4.37. The number of rotatable bonds is 5. The first-order valence-electron chi connectivity index (χ1n) is 9.02. The molecule has 0 bridgehead atoms. The van der Waals surface area contributed by atoms with Crippen LogP contribution < -0.4 is 4.74 Å². The molecule has 0 aliphatic rings. The van der Waals surface area contributed by atoms with E-state index in [0.717, 1.165) is 11.8 Å². The van der Waals surface area contributed by atoms with Crippen molar-refractivity contribution in [2.45, 2.75) is 12.5 Å². The van der Waals surface area contributed by atoms with Gasteiger partial charge in [-0.15, -0.1) is 5.10 Å². The molecule has 0 saturated heterocycles. The standard InChI is InChI=1S/C20H12F4N6O/c21-19(22)20(23,24)31-14-8-4-5-12(9-14)16-27-18-15-10-26-30(13-6-2-1-3-7-13)17(15)25-11-29(18)28-16/h1-11,19H. The third-order valence-corrected chi connectivity index (χ3v) is 4.51. The summed E-state index contributed by atoms with van der Waals surface area (Å²) in [5.74, 6) is -0.241. The Morgan fingerprint density at radius 1 is 0.968 bits per heavy atom. The number of hydrogen-bond donors (Lipinski definition) is 0. The summed E-state index contributed by atoms with van der Waals surface area (Å²) in [6, 6.07) is 14.7. The van der Waals surface area contributed by atoms with Crippen LogP contribution in [0.15, 0.2) is 67.1 Å². The molecular weight excluding hydrogens is 416 g/mol. The van der Waals surface area contributed by atoms with Crippen LogP contribution in [0.3, 0.4) is 0 Å². The van der Waals surface area contributed by atoms with Crippen molar-refractivity contribution in [3.8, 4) is 22.8 Å². The van der Waals surface area contributed by atoms with E-state index in [4.69, 9.17) is 0 Å². The first-order chi connectivity index (χ1) is 14.9. The molecule has 0 aliphatic carbocycles. The largest absolute Gasteiger partial charge is 0.461 e. The van der Waals surface area contributed by atoms with Gasteiger partial charge >= 0.3 is 12.5 Å². The van der Waals surface area contributed by atoms with Crippen LogP contribution in [-0.4, -0.2) is 41.9 Å². The Morgan fingerprint density at radius 2 is 1.77 bits per heavy atom. The fraction of sp³-hybridized carbons (Fsp3) is 0.100. The quantitative estimate of drug-likeness (QED) is 0.389. The highest BCUT2D eigenvalue weighted by Gasteiger charge is 2.44. The second-order valence-electron chi connectivity index (χ2n) is 6.57. The Bertz CT molecular complexity index is 1380. The van der Waals surface area contributed by atoms with Gasteiger partial charge < -0.3 is 4.74 Å². The second-order valence-corrected chi connectivity index (χ2v) is 6.57. The number of fused-ring (bicyclic) bond motifs is 3. The van der Waals surface area contributed by atoms with Crippen molar-refractivity contribution in [3.05, 3.63) is 67.1 Å². The Morgan fingerprint density at radius 3 is 2.55 bits per heavy atom. The summed E-state index contributed by atoms with van der Waals surface area (Å²) in [6.07, 6.45) is -5.50. The Labute approximate surface area is 171 Å². The molecule has 11 heteroatoms. The van der Waals surface area contributed by atoms with E-state index in [1.165, 1.54) is 23.0 Å². The third kappa shape index (κ3) is 3.33. The number of benzene rings is 2. The Balaban J connectivity index is 1.56. The van der Waals surface area contributed by atoms with E-state index in [1.807, 2.05) is 30.3 Å².